The van der Waals surface area contributed by atoms with Crippen molar-refractivity contribution >= 4 is 11.3 Å². The molecule has 92 valence electrons. The van der Waals surface area contributed by atoms with E-state index in [2.05, 4.69) is 47.3 Å². The van der Waals surface area contributed by atoms with Gasteiger partial charge in [-0.25, -0.2) is 0 Å². The number of likely N-dealkylation sites (N-methyl/N-ethyl adjacent to an activating group) is 1. The van der Waals surface area contributed by atoms with Crippen molar-refractivity contribution in [3.05, 3.63) is 39.8 Å². The molecule has 1 atom stereocenters. The second-order valence-corrected chi connectivity index (χ2v) is 5.07. The highest BCUT2D eigenvalue weighted by Crippen LogP contribution is 2.22. The van der Waals surface area contributed by atoms with Crippen molar-refractivity contribution in [3.63, 3.8) is 0 Å². The molecular formula is C13H19N3S. The molecule has 0 bridgehead atoms. The van der Waals surface area contributed by atoms with Crippen LogP contribution in [0.1, 0.15) is 29.8 Å². The second-order valence-electron chi connectivity index (χ2n) is 4.29. The van der Waals surface area contributed by atoms with Gasteiger partial charge in [0.2, 0.25) is 0 Å². The molecule has 0 aliphatic rings. The van der Waals surface area contributed by atoms with Crippen molar-refractivity contribution < 1.29 is 0 Å². The van der Waals surface area contributed by atoms with Gasteiger partial charge in [0.1, 0.15) is 0 Å². The van der Waals surface area contributed by atoms with E-state index < -0.39 is 0 Å². The van der Waals surface area contributed by atoms with Gasteiger partial charge in [-0.2, -0.15) is 16.4 Å². The molecule has 0 saturated heterocycles. The molecule has 0 fully saturated rings. The zero-order chi connectivity index (χ0) is 12.3. The van der Waals surface area contributed by atoms with Crippen molar-refractivity contribution in [3.8, 4) is 0 Å². The summed E-state index contributed by atoms with van der Waals surface area (Å²) in [5.41, 5.74) is 3.82. The van der Waals surface area contributed by atoms with Gasteiger partial charge in [0, 0.05) is 24.8 Å². The lowest BCUT2D eigenvalue weighted by atomic mass is 10.0. The van der Waals surface area contributed by atoms with Crippen LogP contribution in [0.5, 0.6) is 0 Å². The summed E-state index contributed by atoms with van der Waals surface area (Å²) >= 11 is 1.76. The Morgan fingerprint density at radius 3 is 2.88 bits per heavy atom. The van der Waals surface area contributed by atoms with Crippen LogP contribution in [0.15, 0.2) is 23.0 Å². The molecule has 17 heavy (non-hydrogen) atoms. The standard InChI is InChI=1S/C13H19N3S/c1-4-14-13(7-11-5-6-17-9-11)12-8-16(3)15-10(12)2/h5-6,8-9,13-14H,4,7H2,1-3H3. The Hall–Kier alpha value is -1.13. The molecule has 4 heteroatoms. The van der Waals surface area contributed by atoms with Gasteiger partial charge in [-0.15, -0.1) is 0 Å². The monoisotopic (exact) mass is 249 g/mol. The zero-order valence-corrected chi connectivity index (χ0v) is 11.4. The molecule has 2 aromatic rings. The molecule has 3 nitrogen and oxygen atoms in total. The van der Waals surface area contributed by atoms with Crippen molar-refractivity contribution in [2.75, 3.05) is 6.54 Å². The van der Waals surface area contributed by atoms with Crippen LogP contribution >= 0.6 is 11.3 Å². The van der Waals surface area contributed by atoms with Gasteiger partial charge in [0.15, 0.2) is 0 Å². The van der Waals surface area contributed by atoms with Crippen LogP contribution in [-0.2, 0) is 13.5 Å². The number of hydrogen-bond acceptors (Lipinski definition) is 3. The third-order valence-corrected chi connectivity index (χ3v) is 3.63. The minimum Gasteiger partial charge on any atom is -0.310 e. The minimum atomic E-state index is 0.364. The Kier molecular flexibility index (Phi) is 3.97. The fourth-order valence-corrected chi connectivity index (χ4v) is 2.82. The van der Waals surface area contributed by atoms with Gasteiger partial charge >= 0.3 is 0 Å². The van der Waals surface area contributed by atoms with E-state index in [0.29, 0.717) is 6.04 Å². The van der Waals surface area contributed by atoms with E-state index in [1.54, 1.807) is 11.3 Å². The van der Waals surface area contributed by atoms with Crippen LogP contribution < -0.4 is 5.32 Å². The lowest BCUT2D eigenvalue weighted by Gasteiger charge is -2.16. The summed E-state index contributed by atoms with van der Waals surface area (Å²) in [6, 6.07) is 2.56. The van der Waals surface area contributed by atoms with Crippen molar-refractivity contribution in [2.24, 2.45) is 7.05 Å². The largest absolute Gasteiger partial charge is 0.310 e. The van der Waals surface area contributed by atoms with Gasteiger partial charge < -0.3 is 5.32 Å². The second kappa shape index (κ2) is 5.47. The average molecular weight is 249 g/mol. The third kappa shape index (κ3) is 2.96. The van der Waals surface area contributed by atoms with Crippen LogP contribution in [0.4, 0.5) is 0 Å². The summed E-state index contributed by atoms with van der Waals surface area (Å²) in [4.78, 5) is 0. The fourth-order valence-electron chi connectivity index (χ4n) is 2.14. The number of aromatic nitrogens is 2. The van der Waals surface area contributed by atoms with Gasteiger partial charge in [-0.1, -0.05) is 6.92 Å². The summed E-state index contributed by atoms with van der Waals surface area (Å²) in [6.07, 6.45) is 3.15. The first-order valence-electron chi connectivity index (χ1n) is 5.95. The summed E-state index contributed by atoms with van der Waals surface area (Å²) in [6.45, 7) is 5.20. The Morgan fingerprint density at radius 2 is 2.35 bits per heavy atom. The highest BCUT2D eigenvalue weighted by Gasteiger charge is 2.16. The number of nitrogens with one attached hydrogen (secondary N) is 1. The van der Waals surface area contributed by atoms with Crippen LogP contribution in [0.25, 0.3) is 0 Å². The van der Waals surface area contributed by atoms with E-state index in [1.165, 1.54) is 11.1 Å². The summed E-state index contributed by atoms with van der Waals surface area (Å²) < 4.78 is 1.89. The molecule has 2 rings (SSSR count). The van der Waals surface area contributed by atoms with Crippen molar-refractivity contribution in [1.29, 1.82) is 0 Å². The SMILES string of the molecule is CCNC(Cc1ccsc1)c1cn(C)nc1C. The van der Waals surface area contributed by atoms with Crippen LogP contribution in [0, 0.1) is 6.92 Å². The summed E-state index contributed by atoms with van der Waals surface area (Å²) in [5, 5.41) is 12.3. The maximum absolute atomic E-state index is 4.42. The van der Waals surface area contributed by atoms with Gasteiger partial charge in [-0.05, 0) is 42.3 Å². The normalized spacial score (nSPS) is 12.9. The van der Waals surface area contributed by atoms with Gasteiger partial charge in [0.25, 0.3) is 0 Å². The Morgan fingerprint density at radius 1 is 1.53 bits per heavy atom. The maximum atomic E-state index is 4.42. The zero-order valence-electron chi connectivity index (χ0n) is 10.6. The predicted molar refractivity (Wildman–Crippen MR) is 72.4 cm³/mol. The van der Waals surface area contributed by atoms with Crippen molar-refractivity contribution in [1.82, 2.24) is 15.1 Å². The molecule has 2 aromatic heterocycles. The van der Waals surface area contributed by atoms with Gasteiger partial charge in [0.05, 0.1) is 5.69 Å². The van der Waals surface area contributed by atoms with Crippen LogP contribution in [0.2, 0.25) is 0 Å². The Labute approximate surface area is 106 Å². The van der Waals surface area contributed by atoms with E-state index in [1.807, 2.05) is 11.7 Å². The lowest BCUT2D eigenvalue weighted by molar-refractivity contribution is 0.548. The first-order chi connectivity index (χ1) is 8.20. The molecule has 0 radical (unpaired) electrons. The molecule has 0 saturated carbocycles. The van der Waals surface area contributed by atoms with Crippen LogP contribution in [-0.4, -0.2) is 16.3 Å². The molecule has 0 aliphatic carbocycles. The van der Waals surface area contributed by atoms with E-state index in [0.717, 1.165) is 18.7 Å². The first-order valence-corrected chi connectivity index (χ1v) is 6.89. The fraction of sp³-hybridized carbons (Fsp3) is 0.462. The number of thiophene rings is 1. The lowest BCUT2D eigenvalue weighted by Crippen LogP contribution is -2.23. The number of hydrogen-bond donors (Lipinski definition) is 1. The quantitative estimate of drug-likeness (QED) is 0.883. The molecule has 0 aliphatic heterocycles. The number of rotatable bonds is 5. The summed E-state index contributed by atoms with van der Waals surface area (Å²) in [5.74, 6) is 0. The molecule has 0 aromatic carbocycles. The van der Waals surface area contributed by atoms with E-state index >= 15 is 0 Å². The van der Waals surface area contributed by atoms with E-state index in [4.69, 9.17) is 0 Å². The molecular weight excluding hydrogens is 230 g/mol. The van der Waals surface area contributed by atoms with Gasteiger partial charge in [-0.3, -0.25) is 4.68 Å². The highest BCUT2D eigenvalue weighted by molar-refractivity contribution is 7.07. The maximum Gasteiger partial charge on any atom is 0.0641 e. The average Bonchev–Trinajstić information content (AvgIpc) is 2.88. The molecule has 1 N–H and O–H groups in total. The molecule has 0 spiro atoms. The smallest absolute Gasteiger partial charge is 0.0641 e. The van der Waals surface area contributed by atoms with Crippen molar-refractivity contribution in [2.45, 2.75) is 26.3 Å². The van der Waals surface area contributed by atoms with Crippen LogP contribution in [0.3, 0.4) is 0 Å². The Balaban J connectivity index is 2.19. The Bertz CT molecular complexity index is 459. The molecule has 0 amide bonds. The molecule has 2 heterocycles. The number of aryl methyl sites for hydroxylation is 2. The third-order valence-electron chi connectivity index (χ3n) is 2.90. The highest BCUT2D eigenvalue weighted by atomic mass is 32.1. The first kappa shape index (κ1) is 12.3. The topological polar surface area (TPSA) is 29.9 Å². The minimum absolute atomic E-state index is 0.364. The van der Waals surface area contributed by atoms with E-state index in [-0.39, 0.29) is 0 Å². The number of nitrogens with zero attached hydrogens (tertiary/aromatic N) is 2. The van der Waals surface area contributed by atoms with E-state index in [9.17, 15) is 0 Å². The summed E-state index contributed by atoms with van der Waals surface area (Å²) in [7, 11) is 1.98. The predicted octanol–water partition coefficient (Wildman–Crippen LogP) is 2.68. The molecule has 1 unspecified atom stereocenters.